The highest BCUT2D eigenvalue weighted by Gasteiger charge is 2.16. The molecule has 0 radical (unpaired) electrons. The molecule has 1 N–H and O–H groups in total. The van der Waals surface area contributed by atoms with Gasteiger partial charge >= 0.3 is 0 Å². The quantitative estimate of drug-likeness (QED) is 0.830. The minimum absolute atomic E-state index is 0.0572. The summed E-state index contributed by atoms with van der Waals surface area (Å²) in [7, 11) is 4.01. The Balaban J connectivity index is 1.98. The highest BCUT2D eigenvalue weighted by Crippen LogP contribution is 2.22. The average molecular weight is 365 g/mol. The molecular weight excluding hydrogens is 343 g/mol. The first-order valence-corrected chi connectivity index (χ1v) is 8.56. The molecule has 128 valence electrons. The summed E-state index contributed by atoms with van der Waals surface area (Å²) in [6, 6.07) is 13.7. The molecule has 1 unspecified atom stereocenters. The SMILES string of the molecule is Cc1ccc(C(CNC(=O)Cc2ccc(Cl)cc2Cl)N(C)C)cc1. The number of nitrogens with zero attached hydrogens (tertiary/aromatic N) is 1. The van der Waals surface area contributed by atoms with Gasteiger partial charge in [0, 0.05) is 16.6 Å². The summed E-state index contributed by atoms with van der Waals surface area (Å²) in [6.07, 6.45) is 0.240. The smallest absolute Gasteiger partial charge is 0.224 e. The monoisotopic (exact) mass is 364 g/mol. The first kappa shape index (κ1) is 18.8. The van der Waals surface area contributed by atoms with Crippen molar-refractivity contribution in [2.45, 2.75) is 19.4 Å². The lowest BCUT2D eigenvalue weighted by molar-refractivity contribution is -0.120. The number of benzene rings is 2. The lowest BCUT2D eigenvalue weighted by Crippen LogP contribution is -2.35. The lowest BCUT2D eigenvalue weighted by atomic mass is 10.0. The minimum Gasteiger partial charge on any atom is -0.354 e. The van der Waals surface area contributed by atoms with Gasteiger partial charge in [-0.25, -0.2) is 0 Å². The molecule has 0 aliphatic heterocycles. The first-order chi connectivity index (χ1) is 11.4. The number of carbonyl (C=O) groups excluding carboxylic acids is 1. The maximum absolute atomic E-state index is 12.2. The predicted octanol–water partition coefficient (Wildman–Crippen LogP) is 4.26. The van der Waals surface area contributed by atoms with Gasteiger partial charge in [-0.2, -0.15) is 0 Å². The molecular formula is C19H22Cl2N2O. The lowest BCUT2D eigenvalue weighted by Gasteiger charge is -2.25. The summed E-state index contributed by atoms with van der Waals surface area (Å²) in [6.45, 7) is 2.60. The maximum atomic E-state index is 12.2. The zero-order valence-electron chi connectivity index (χ0n) is 14.1. The van der Waals surface area contributed by atoms with Gasteiger partial charge in [0.15, 0.2) is 0 Å². The van der Waals surface area contributed by atoms with Gasteiger partial charge in [0.1, 0.15) is 0 Å². The van der Waals surface area contributed by atoms with E-state index in [-0.39, 0.29) is 18.4 Å². The van der Waals surface area contributed by atoms with E-state index in [0.29, 0.717) is 16.6 Å². The summed E-state index contributed by atoms with van der Waals surface area (Å²) in [4.78, 5) is 14.3. The zero-order valence-corrected chi connectivity index (χ0v) is 15.7. The van der Waals surface area contributed by atoms with Crippen LogP contribution >= 0.6 is 23.2 Å². The molecule has 3 nitrogen and oxygen atoms in total. The molecule has 0 spiro atoms. The van der Waals surface area contributed by atoms with Crippen molar-refractivity contribution in [2.24, 2.45) is 0 Å². The van der Waals surface area contributed by atoms with Crippen LogP contribution in [0.2, 0.25) is 10.0 Å². The third-order valence-electron chi connectivity index (χ3n) is 3.94. The van der Waals surface area contributed by atoms with E-state index in [2.05, 4.69) is 41.4 Å². The fourth-order valence-electron chi connectivity index (χ4n) is 2.50. The standard InChI is InChI=1S/C19H22Cl2N2O/c1-13-4-6-14(7-5-13)18(23(2)3)12-22-19(24)10-15-8-9-16(20)11-17(15)21/h4-9,11,18H,10,12H2,1-3H3,(H,22,24). The molecule has 0 saturated carbocycles. The number of hydrogen-bond donors (Lipinski definition) is 1. The van der Waals surface area contributed by atoms with E-state index in [1.807, 2.05) is 14.1 Å². The molecule has 5 heteroatoms. The predicted molar refractivity (Wildman–Crippen MR) is 101 cm³/mol. The number of likely N-dealkylation sites (N-methyl/N-ethyl adjacent to an activating group) is 1. The van der Waals surface area contributed by atoms with E-state index in [1.54, 1.807) is 18.2 Å². The molecule has 2 aromatic carbocycles. The summed E-state index contributed by atoms with van der Waals surface area (Å²) >= 11 is 12.0. The van der Waals surface area contributed by atoms with Crippen molar-refractivity contribution in [3.05, 3.63) is 69.2 Å². The fourth-order valence-corrected chi connectivity index (χ4v) is 2.97. The third-order valence-corrected chi connectivity index (χ3v) is 4.53. The average Bonchev–Trinajstić information content (AvgIpc) is 2.52. The van der Waals surface area contributed by atoms with Crippen LogP contribution in [0.4, 0.5) is 0 Å². The van der Waals surface area contributed by atoms with Gasteiger partial charge in [0.2, 0.25) is 5.91 Å². The first-order valence-electron chi connectivity index (χ1n) is 7.80. The van der Waals surface area contributed by atoms with Crippen LogP contribution in [0.5, 0.6) is 0 Å². The Morgan fingerprint density at radius 2 is 1.79 bits per heavy atom. The molecule has 0 aromatic heterocycles. The van der Waals surface area contributed by atoms with E-state index in [1.165, 1.54) is 11.1 Å². The second kappa shape index (κ2) is 8.52. The zero-order chi connectivity index (χ0) is 17.7. The van der Waals surface area contributed by atoms with Crippen molar-refractivity contribution in [3.8, 4) is 0 Å². The van der Waals surface area contributed by atoms with Crippen molar-refractivity contribution in [1.29, 1.82) is 0 Å². The molecule has 24 heavy (non-hydrogen) atoms. The van der Waals surface area contributed by atoms with Gasteiger partial charge in [0.25, 0.3) is 0 Å². The van der Waals surface area contributed by atoms with Crippen LogP contribution in [0.1, 0.15) is 22.7 Å². The van der Waals surface area contributed by atoms with Gasteiger partial charge in [-0.05, 0) is 44.3 Å². The van der Waals surface area contributed by atoms with Gasteiger partial charge < -0.3 is 10.2 Å². The minimum atomic E-state index is -0.0572. The van der Waals surface area contributed by atoms with Gasteiger partial charge in [-0.3, -0.25) is 4.79 Å². The Morgan fingerprint density at radius 1 is 1.12 bits per heavy atom. The molecule has 1 atom stereocenters. The van der Waals surface area contributed by atoms with Crippen LogP contribution in [0.25, 0.3) is 0 Å². The van der Waals surface area contributed by atoms with Crippen LogP contribution in [0.3, 0.4) is 0 Å². The Labute approximate surface area is 153 Å². The number of halogens is 2. The fraction of sp³-hybridized carbons (Fsp3) is 0.316. The Hall–Kier alpha value is -1.55. The van der Waals surface area contributed by atoms with Crippen LogP contribution in [0, 0.1) is 6.92 Å². The van der Waals surface area contributed by atoms with E-state index in [0.717, 1.165) is 5.56 Å². The summed E-state index contributed by atoms with van der Waals surface area (Å²) < 4.78 is 0. The highest BCUT2D eigenvalue weighted by atomic mass is 35.5. The molecule has 0 aliphatic rings. The number of aryl methyl sites for hydroxylation is 1. The second-order valence-corrected chi connectivity index (χ2v) is 6.95. The topological polar surface area (TPSA) is 32.3 Å². The molecule has 1 amide bonds. The normalized spacial score (nSPS) is 12.2. The van der Waals surface area contributed by atoms with E-state index < -0.39 is 0 Å². The van der Waals surface area contributed by atoms with Crippen LogP contribution < -0.4 is 5.32 Å². The highest BCUT2D eigenvalue weighted by molar-refractivity contribution is 6.35. The van der Waals surface area contributed by atoms with Crippen LogP contribution in [0.15, 0.2) is 42.5 Å². The summed E-state index contributed by atoms with van der Waals surface area (Å²) in [5.41, 5.74) is 3.17. The Bertz CT molecular complexity index is 699. The van der Waals surface area contributed by atoms with E-state index >= 15 is 0 Å². The second-order valence-electron chi connectivity index (χ2n) is 6.11. The van der Waals surface area contributed by atoms with Crippen molar-refractivity contribution in [3.63, 3.8) is 0 Å². The number of rotatable bonds is 6. The van der Waals surface area contributed by atoms with Gasteiger partial charge in [-0.15, -0.1) is 0 Å². The van der Waals surface area contributed by atoms with Crippen molar-refractivity contribution >= 4 is 29.1 Å². The Morgan fingerprint density at radius 3 is 2.38 bits per heavy atom. The van der Waals surface area contributed by atoms with E-state index in [9.17, 15) is 4.79 Å². The van der Waals surface area contributed by atoms with E-state index in [4.69, 9.17) is 23.2 Å². The molecule has 2 rings (SSSR count). The molecule has 0 bridgehead atoms. The molecule has 0 saturated heterocycles. The summed E-state index contributed by atoms with van der Waals surface area (Å²) in [5.74, 6) is -0.0572. The van der Waals surface area contributed by atoms with Crippen LogP contribution in [-0.4, -0.2) is 31.4 Å². The molecule has 0 fully saturated rings. The molecule has 0 heterocycles. The van der Waals surface area contributed by atoms with Gasteiger partial charge in [-0.1, -0.05) is 59.1 Å². The van der Waals surface area contributed by atoms with Crippen LogP contribution in [-0.2, 0) is 11.2 Å². The van der Waals surface area contributed by atoms with Crippen molar-refractivity contribution in [2.75, 3.05) is 20.6 Å². The summed E-state index contributed by atoms with van der Waals surface area (Å²) in [5, 5.41) is 4.08. The van der Waals surface area contributed by atoms with Gasteiger partial charge in [0.05, 0.1) is 12.5 Å². The number of nitrogens with one attached hydrogen (secondary N) is 1. The number of amides is 1. The Kier molecular flexibility index (Phi) is 6.67. The molecule has 0 aliphatic carbocycles. The van der Waals surface area contributed by atoms with Crippen molar-refractivity contribution < 1.29 is 4.79 Å². The number of hydrogen-bond acceptors (Lipinski definition) is 2. The maximum Gasteiger partial charge on any atom is 0.224 e. The molecule has 2 aromatic rings. The number of carbonyl (C=O) groups is 1. The van der Waals surface area contributed by atoms with Crippen molar-refractivity contribution in [1.82, 2.24) is 10.2 Å². The third kappa shape index (κ3) is 5.23. The largest absolute Gasteiger partial charge is 0.354 e.